The van der Waals surface area contributed by atoms with Crippen molar-refractivity contribution < 1.29 is 0 Å². The number of nitrogens with two attached hydrogens (primary N) is 1. The summed E-state index contributed by atoms with van der Waals surface area (Å²) in [6.45, 7) is 7.61. The number of nitrogens with zero attached hydrogens (tertiary/aromatic N) is 3. The van der Waals surface area contributed by atoms with Crippen LogP contribution < -0.4 is 5.73 Å². The second kappa shape index (κ2) is 7.06. The fourth-order valence-electron chi connectivity index (χ4n) is 3.08. The average molecular weight is 264 g/mol. The van der Waals surface area contributed by atoms with Gasteiger partial charge in [0.1, 0.15) is 0 Å². The Balaban J connectivity index is 1.96. The van der Waals surface area contributed by atoms with Crippen LogP contribution in [0.2, 0.25) is 0 Å². The van der Waals surface area contributed by atoms with Crippen LogP contribution in [0.25, 0.3) is 0 Å². The molecule has 1 heterocycles. The van der Waals surface area contributed by atoms with Gasteiger partial charge in [-0.25, -0.2) is 0 Å². The molecule has 0 spiro atoms. The van der Waals surface area contributed by atoms with Gasteiger partial charge in [0.2, 0.25) is 0 Å². The van der Waals surface area contributed by atoms with Gasteiger partial charge in [-0.3, -0.25) is 9.58 Å². The van der Waals surface area contributed by atoms with Crippen LogP contribution in [0.3, 0.4) is 0 Å². The summed E-state index contributed by atoms with van der Waals surface area (Å²) in [6.07, 6.45) is 7.91. The summed E-state index contributed by atoms with van der Waals surface area (Å²) in [5, 5.41) is 4.42. The summed E-state index contributed by atoms with van der Waals surface area (Å²) in [5.41, 5.74) is 7.35. The third kappa shape index (κ3) is 3.80. The molecule has 0 aromatic carbocycles. The first kappa shape index (κ1) is 14.5. The second-order valence-corrected chi connectivity index (χ2v) is 5.68. The Morgan fingerprint density at radius 1 is 1.32 bits per heavy atom. The lowest BCUT2D eigenvalue weighted by Crippen LogP contribution is -2.40. The van der Waals surface area contributed by atoms with E-state index in [4.69, 9.17) is 5.73 Å². The molecule has 1 saturated carbocycles. The van der Waals surface area contributed by atoms with Crippen molar-refractivity contribution >= 4 is 0 Å². The van der Waals surface area contributed by atoms with E-state index in [1.807, 2.05) is 6.20 Å². The van der Waals surface area contributed by atoms with Gasteiger partial charge in [0, 0.05) is 31.4 Å². The Morgan fingerprint density at radius 3 is 2.68 bits per heavy atom. The first-order valence-corrected chi connectivity index (χ1v) is 7.74. The predicted molar refractivity (Wildman–Crippen MR) is 78.8 cm³/mol. The van der Waals surface area contributed by atoms with Gasteiger partial charge in [0.05, 0.1) is 5.69 Å². The molecule has 0 unspecified atom stereocenters. The Labute approximate surface area is 117 Å². The number of hydrogen-bond acceptors (Lipinski definition) is 3. The molecular formula is C15H28N4. The zero-order valence-electron chi connectivity index (χ0n) is 12.4. The molecule has 2 rings (SSSR count). The first-order valence-electron chi connectivity index (χ1n) is 7.74. The SMILES string of the molecule is CCCn1nccc1CN(CC)C1CCC(N)CC1. The topological polar surface area (TPSA) is 47.1 Å². The van der Waals surface area contributed by atoms with E-state index in [1.165, 1.54) is 31.4 Å². The van der Waals surface area contributed by atoms with Crippen molar-refractivity contribution in [2.45, 2.75) is 71.1 Å². The molecule has 4 nitrogen and oxygen atoms in total. The molecule has 0 amide bonds. The maximum absolute atomic E-state index is 6.01. The normalized spacial score (nSPS) is 24.0. The van der Waals surface area contributed by atoms with E-state index < -0.39 is 0 Å². The van der Waals surface area contributed by atoms with Gasteiger partial charge in [-0.2, -0.15) is 5.10 Å². The maximum Gasteiger partial charge on any atom is 0.0524 e. The van der Waals surface area contributed by atoms with Gasteiger partial charge in [-0.1, -0.05) is 13.8 Å². The number of aromatic nitrogens is 2. The predicted octanol–water partition coefficient (Wildman–Crippen LogP) is 2.38. The van der Waals surface area contributed by atoms with Crippen molar-refractivity contribution in [1.29, 1.82) is 0 Å². The van der Waals surface area contributed by atoms with Gasteiger partial charge in [-0.05, 0) is 44.7 Å². The van der Waals surface area contributed by atoms with Crippen LogP contribution in [0.4, 0.5) is 0 Å². The number of aryl methyl sites for hydroxylation is 1. The second-order valence-electron chi connectivity index (χ2n) is 5.68. The smallest absolute Gasteiger partial charge is 0.0524 e. The summed E-state index contributed by atoms with van der Waals surface area (Å²) in [5.74, 6) is 0. The molecule has 1 aromatic heterocycles. The van der Waals surface area contributed by atoms with Crippen molar-refractivity contribution in [3.63, 3.8) is 0 Å². The molecule has 0 bridgehead atoms. The van der Waals surface area contributed by atoms with E-state index in [9.17, 15) is 0 Å². The minimum absolute atomic E-state index is 0.431. The zero-order chi connectivity index (χ0) is 13.7. The molecule has 108 valence electrons. The summed E-state index contributed by atoms with van der Waals surface area (Å²) >= 11 is 0. The Morgan fingerprint density at radius 2 is 2.05 bits per heavy atom. The molecular weight excluding hydrogens is 236 g/mol. The van der Waals surface area contributed by atoms with E-state index in [1.54, 1.807) is 0 Å². The Bertz CT molecular complexity index is 366. The average Bonchev–Trinajstić information content (AvgIpc) is 2.85. The zero-order valence-corrected chi connectivity index (χ0v) is 12.4. The molecule has 4 heteroatoms. The molecule has 0 atom stereocenters. The van der Waals surface area contributed by atoms with E-state index in [-0.39, 0.29) is 0 Å². The standard InChI is InChI=1S/C15H28N4/c1-3-11-19-15(9-10-17-19)12-18(4-2)14-7-5-13(16)6-8-14/h9-10,13-14H,3-8,11-12,16H2,1-2H3. The van der Waals surface area contributed by atoms with Gasteiger partial charge >= 0.3 is 0 Å². The van der Waals surface area contributed by atoms with E-state index in [2.05, 4.69) is 34.6 Å². The summed E-state index contributed by atoms with van der Waals surface area (Å²) in [6, 6.07) is 3.29. The number of hydrogen-bond donors (Lipinski definition) is 1. The number of rotatable bonds is 6. The van der Waals surface area contributed by atoms with Crippen molar-refractivity contribution in [3.05, 3.63) is 18.0 Å². The fourth-order valence-corrected chi connectivity index (χ4v) is 3.08. The van der Waals surface area contributed by atoms with Crippen molar-refractivity contribution in [2.75, 3.05) is 6.54 Å². The van der Waals surface area contributed by atoms with Crippen LogP contribution in [0.1, 0.15) is 51.6 Å². The lowest BCUT2D eigenvalue weighted by molar-refractivity contribution is 0.145. The van der Waals surface area contributed by atoms with Gasteiger partial charge in [0.15, 0.2) is 0 Å². The van der Waals surface area contributed by atoms with Gasteiger partial charge in [-0.15, -0.1) is 0 Å². The van der Waals surface area contributed by atoms with Gasteiger partial charge in [0.25, 0.3) is 0 Å². The van der Waals surface area contributed by atoms with Crippen LogP contribution >= 0.6 is 0 Å². The quantitative estimate of drug-likeness (QED) is 0.858. The third-order valence-corrected chi connectivity index (χ3v) is 4.27. The lowest BCUT2D eigenvalue weighted by atomic mass is 9.90. The van der Waals surface area contributed by atoms with E-state index in [0.29, 0.717) is 12.1 Å². The minimum atomic E-state index is 0.431. The monoisotopic (exact) mass is 264 g/mol. The summed E-state index contributed by atoms with van der Waals surface area (Å²) in [7, 11) is 0. The van der Waals surface area contributed by atoms with Crippen LogP contribution in [-0.4, -0.2) is 33.3 Å². The van der Waals surface area contributed by atoms with Crippen molar-refractivity contribution in [1.82, 2.24) is 14.7 Å². The van der Waals surface area contributed by atoms with E-state index in [0.717, 1.165) is 26.1 Å². The van der Waals surface area contributed by atoms with Crippen molar-refractivity contribution in [2.24, 2.45) is 5.73 Å². The van der Waals surface area contributed by atoms with Gasteiger partial charge < -0.3 is 5.73 Å². The molecule has 1 aromatic rings. The third-order valence-electron chi connectivity index (χ3n) is 4.27. The molecule has 1 fully saturated rings. The highest BCUT2D eigenvalue weighted by atomic mass is 15.3. The van der Waals surface area contributed by atoms with Crippen LogP contribution in [0, 0.1) is 0 Å². The van der Waals surface area contributed by atoms with Crippen LogP contribution in [0.15, 0.2) is 12.3 Å². The summed E-state index contributed by atoms with van der Waals surface area (Å²) in [4.78, 5) is 2.59. The molecule has 2 N–H and O–H groups in total. The largest absolute Gasteiger partial charge is 0.328 e. The molecule has 0 radical (unpaired) electrons. The molecule has 1 aliphatic carbocycles. The first-order chi connectivity index (χ1) is 9.24. The van der Waals surface area contributed by atoms with E-state index >= 15 is 0 Å². The van der Waals surface area contributed by atoms with Crippen LogP contribution in [0.5, 0.6) is 0 Å². The fraction of sp³-hybridized carbons (Fsp3) is 0.800. The molecule has 1 aliphatic rings. The summed E-state index contributed by atoms with van der Waals surface area (Å²) < 4.78 is 2.15. The highest BCUT2D eigenvalue weighted by molar-refractivity contribution is 5.01. The highest BCUT2D eigenvalue weighted by Crippen LogP contribution is 2.23. The van der Waals surface area contributed by atoms with Crippen molar-refractivity contribution in [3.8, 4) is 0 Å². The van der Waals surface area contributed by atoms with Crippen LogP contribution in [-0.2, 0) is 13.1 Å². The Kier molecular flexibility index (Phi) is 5.40. The molecule has 0 aliphatic heterocycles. The minimum Gasteiger partial charge on any atom is -0.328 e. The maximum atomic E-state index is 6.01. The lowest BCUT2D eigenvalue weighted by Gasteiger charge is -2.35. The molecule has 0 saturated heterocycles. The molecule has 19 heavy (non-hydrogen) atoms. The highest BCUT2D eigenvalue weighted by Gasteiger charge is 2.23. The Hall–Kier alpha value is -0.870.